The molecule has 162 valence electrons. The quantitative estimate of drug-likeness (QED) is 0.540. The Balaban J connectivity index is 1.81. The molecule has 1 aliphatic rings. The van der Waals surface area contributed by atoms with E-state index in [9.17, 15) is 9.59 Å². The van der Waals surface area contributed by atoms with Crippen molar-refractivity contribution < 1.29 is 19.1 Å². The second kappa shape index (κ2) is 9.08. The van der Waals surface area contributed by atoms with E-state index in [0.717, 1.165) is 29.8 Å². The third-order valence-electron chi connectivity index (χ3n) is 4.94. The van der Waals surface area contributed by atoms with Crippen LogP contribution in [0.4, 0.5) is 4.79 Å². The lowest BCUT2D eigenvalue weighted by Crippen LogP contribution is -2.41. The number of likely N-dealkylation sites (tertiary alicyclic amines) is 1. The van der Waals surface area contributed by atoms with Crippen molar-refractivity contribution in [3.05, 3.63) is 40.8 Å². The fourth-order valence-corrected chi connectivity index (χ4v) is 3.75. The van der Waals surface area contributed by atoms with Gasteiger partial charge in [-0.15, -0.1) is 0 Å². The summed E-state index contributed by atoms with van der Waals surface area (Å²) in [5, 5.41) is 0.381. The summed E-state index contributed by atoms with van der Waals surface area (Å²) in [6.45, 7) is 8.79. The summed E-state index contributed by atoms with van der Waals surface area (Å²) in [6, 6.07) is 5.39. The molecular weight excluding hydrogens is 406 g/mol. The fraction of sp³-hybridized carbons (Fsp3) is 0.500. The maximum atomic E-state index is 12.6. The minimum Gasteiger partial charge on any atom is -0.462 e. The predicted octanol–water partition coefficient (Wildman–Crippen LogP) is 5.02. The van der Waals surface area contributed by atoms with E-state index in [1.54, 1.807) is 30.2 Å². The maximum absolute atomic E-state index is 12.6. The lowest BCUT2D eigenvalue weighted by Gasteiger charge is -2.33. The molecule has 2 aromatic heterocycles. The Morgan fingerprint density at radius 2 is 1.97 bits per heavy atom. The largest absolute Gasteiger partial charge is 0.462 e. The van der Waals surface area contributed by atoms with Crippen molar-refractivity contribution >= 4 is 23.7 Å². The molecule has 3 rings (SSSR count). The molecule has 30 heavy (non-hydrogen) atoms. The van der Waals surface area contributed by atoms with Crippen LogP contribution in [0.25, 0.3) is 11.3 Å². The van der Waals surface area contributed by atoms with Crippen molar-refractivity contribution in [2.75, 3.05) is 19.7 Å². The van der Waals surface area contributed by atoms with Crippen molar-refractivity contribution in [3.63, 3.8) is 0 Å². The fourth-order valence-electron chi connectivity index (χ4n) is 3.57. The van der Waals surface area contributed by atoms with Gasteiger partial charge in [0.15, 0.2) is 0 Å². The number of aromatic nitrogens is 2. The number of nitrogens with one attached hydrogen (secondary N) is 1. The summed E-state index contributed by atoms with van der Waals surface area (Å²) in [5.74, 6) is -0.251. The molecule has 3 heterocycles. The molecule has 7 nitrogen and oxygen atoms in total. The summed E-state index contributed by atoms with van der Waals surface area (Å²) >= 11 is 6.03. The molecule has 0 aromatic carbocycles. The predicted molar refractivity (Wildman–Crippen MR) is 115 cm³/mol. The number of piperidine rings is 1. The van der Waals surface area contributed by atoms with Crippen LogP contribution in [0, 0.1) is 0 Å². The zero-order valence-electron chi connectivity index (χ0n) is 17.8. The number of aromatic amines is 1. The van der Waals surface area contributed by atoms with Crippen molar-refractivity contribution in [1.29, 1.82) is 0 Å². The van der Waals surface area contributed by atoms with Gasteiger partial charge in [-0.25, -0.2) is 14.6 Å². The minimum absolute atomic E-state index is 0.106. The first-order valence-corrected chi connectivity index (χ1v) is 10.6. The van der Waals surface area contributed by atoms with E-state index in [2.05, 4.69) is 9.97 Å². The summed E-state index contributed by atoms with van der Waals surface area (Å²) in [4.78, 5) is 34.1. The Morgan fingerprint density at radius 1 is 1.27 bits per heavy atom. The SMILES string of the molecule is CCOC(=O)c1cc(-c2ccnc(Cl)c2)[nH]c1C1CCN(C(=O)OC(C)(C)C)CC1. The number of esters is 1. The Hall–Kier alpha value is -2.54. The molecule has 8 heteroatoms. The zero-order chi connectivity index (χ0) is 21.9. The lowest BCUT2D eigenvalue weighted by atomic mass is 9.91. The monoisotopic (exact) mass is 433 g/mol. The highest BCUT2D eigenvalue weighted by molar-refractivity contribution is 6.29. The van der Waals surface area contributed by atoms with Crippen LogP contribution in [0.3, 0.4) is 0 Å². The highest BCUT2D eigenvalue weighted by Gasteiger charge is 2.31. The van der Waals surface area contributed by atoms with Gasteiger partial charge < -0.3 is 19.4 Å². The van der Waals surface area contributed by atoms with Gasteiger partial charge >= 0.3 is 12.1 Å². The van der Waals surface area contributed by atoms with Crippen molar-refractivity contribution in [2.24, 2.45) is 0 Å². The van der Waals surface area contributed by atoms with Gasteiger partial charge in [-0.2, -0.15) is 0 Å². The molecule has 0 saturated carbocycles. The van der Waals surface area contributed by atoms with Gasteiger partial charge in [-0.05, 0) is 58.7 Å². The topological polar surface area (TPSA) is 84.5 Å². The summed E-state index contributed by atoms with van der Waals surface area (Å²) < 4.78 is 10.7. The molecule has 1 saturated heterocycles. The Kier molecular flexibility index (Phi) is 6.71. The second-order valence-corrected chi connectivity index (χ2v) is 8.73. The van der Waals surface area contributed by atoms with E-state index in [0.29, 0.717) is 30.4 Å². The van der Waals surface area contributed by atoms with E-state index in [-0.39, 0.29) is 18.0 Å². The molecule has 1 aliphatic heterocycles. The molecule has 0 atom stereocenters. The first-order valence-electron chi connectivity index (χ1n) is 10.2. The van der Waals surface area contributed by atoms with Crippen LogP contribution in [-0.2, 0) is 9.47 Å². The van der Waals surface area contributed by atoms with E-state index in [4.69, 9.17) is 21.1 Å². The van der Waals surface area contributed by atoms with Gasteiger partial charge in [0, 0.05) is 42.2 Å². The first-order chi connectivity index (χ1) is 14.2. The van der Waals surface area contributed by atoms with E-state index >= 15 is 0 Å². The van der Waals surface area contributed by atoms with Gasteiger partial charge in [0.2, 0.25) is 0 Å². The number of hydrogen-bond acceptors (Lipinski definition) is 5. The maximum Gasteiger partial charge on any atom is 0.410 e. The molecule has 0 spiro atoms. The molecule has 0 aliphatic carbocycles. The second-order valence-electron chi connectivity index (χ2n) is 8.34. The van der Waals surface area contributed by atoms with Crippen molar-refractivity contribution in [2.45, 2.75) is 52.1 Å². The number of rotatable bonds is 4. The lowest BCUT2D eigenvalue weighted by molar-refractivity contribution is 0.0202. The van der Waals surface area contributed by atoms with Crippen LogP contribution in [-0.4, -0.2) is 52.2 Å². The van der Waals surface area contributed by atoms with Crippen LogP contribution in [0.15, 0.2) is 24.4 Å². The number of hydrogen-bond donors (Lipinski definition) is 1. The van der Waals surface area contributed by atoms with Crippen LogP contribution in [0.2, 0.25) is 5.15 Å². The molecule has 0 unspecified atom stereocenters. The van der Waals surface area contributed by atoms with E-state index in [1.165, 1.54) is 0 Å². The van der Waals surface area contributed by atoms with Crippen molar-refractivity contribution in [1.82, 2.24) is 14.9 Å². The van der Waals surface area contributed by atoms with Crippen molar-refractivity contribution in [3.8, 4) is 11.3 Å². The highest BCUT2D eigenvalue weighted by Crippen LogP contribution is 2.34. The number of ether oxygens (including phenoxy) is 2. The number of nitrogens with zero attached hydrogens (tertiary/aromatic N) is 2. The standard InChI is InChI=1S/C22H28ClN3O4/c1-5-29-20(27)16-13-17(15-6-9-24-18(23)12-15)25-19(16)14-7-10-26(11-8-14)21(28)30-22(2,3)4/h6,9,12-14,25H,5,7-8,10-11H2,1-4H3. The van der Waals surface area contributed by atoms with Crippen LogP contribution in [0.1, 0.15) is 62.5 Å². The molecule has 1 N–H and O–H groups in total. The molecule has 2 aromatic rings. The van der Waals surface area contributed by atoms with Crippen LogP contribution in [0.5, 0.6) is 0 Å². The van der Waals surface area contributed by atoms with Crippen LogP contribution >= 0.6 is 11.6 Å². The number of carbonyl (C=O) groups is 2. The highest BCUT2D eigenvalue weighted by atomic mass is 35.5. The zero-order valence-corrected chi connectivity index (χ0v) is 18.6. The smallest absolute Gasteiger partial charge is 0.410 e. The summed E-state index contributed by atoms with van der Waals surface area (Å²) in [5.41, 5.74) is 2.46. The third-order valence-corrected chi connectivity index (χ3v) is 5.14. The molecule has 1 amide bonds. The Bertz CT molecular complexity index is 911. The van der Waals surface area contributed by atoms with E-state index in [1.807, 2.05) is 26.8 Å². The minimum atomic E-state index is -0.523. The third kappa shape index (κ3) is 5.33. The molecule has 1 fully saturated rings. The average molecular weight is 434 g/mol. The molecule has 0 radical (unpaired) electrons. The van der Waals surface area contributed by atoms with E-state index < -0.39 is 5.60 Å². The number of pyridine rings is 1. The normalized spacial score (nSPS) is 15.2. The van der Waals surface area contributed by atoms with Gasteiger partial charge in [-0.1, -0.05) is 11.6 Å². The van der Waals surface area contributed by atoms with Gasteiger partial charge in [-0.3, -0.25) is 0 Å². The first kappa shape index (κ1) is 22.2. The number of carbonyl (C=O) groups excluding carboxylic acids is 2. The van der Waals surface area contributed by atoms with Gasteiger partial charge in [0.1, 0.15) is 10.8 Å². The van der Waals surface area contributed by atoms with Gasteiger partial charge in [0.25, 0.3) is 0 Å². The number of amides is 1. The van der Waals surface area contributed by atoms with Crippen LogP contribution < -0.4 is 0 Å². The Morgan fingerprint density at radius 3 is 2.57 bits per heavy atom. The molecular formula is C22H28ClN3O4. The number of halogens is 1. The summed E-state index contributed by atoms with van der Waals surface area (Å²) in [7, 11) is 0. The molecule has 0 bridgehead atoms. The Labute approximate surface area is 181 Å². The van der Waals surface area contributed by atoms with Gasteiger partial charge in [0.05, 0.1) is 12.2 Å². The average Bonchev–Trinajstić information content (AvgIpc) is 3.12. The number of H-pyrrole nitrogens is 1. The summed E-state index contributed by atoms with van der Waals surface area (Å²) in [6.07, 6.45) is 2.78.